The molecule has 2 aromatic heterocycles. The van der Waals surface area contributed by atoms with Crippen molar-refractivity contribution < 1.29 is 9.90 Å². The Morgan fingerprint density at radius 2 is 2.14 bits per heavy atom. The monoisotopic (exact) mass is 309 g/mol. The van der Waals surface area contributed by atoms with E-state index in [4.69, 9.17) is 11.6 Å². The van der Waals surface area contributed by atoms with E-state index in [1.807, 2.05) is 13.8 Å². The molecule has 0 amide bonds. The summed E-state index contributed by atoms with van der Waals surface area (Å²) in [7, 11) is 0. The Morgan fingerprint density at radius 1 is 1.43 bits per heavy atom. The number of aromatic nitrogens is 5. The van der Waals surface area contributed by atoms with E-state index in [-0.39, 0.29) is 6.54 Å². The molecule has 0 saturated heterocycles. The molecule has 112 valence electrons. The number of tetrazole rings is 1. The van der Waals surface area contributed by atoms with Gasteiger partial charge >= 0.3 is 5.97 Å². The first-order valence-electron chi connectivity index (χ1n) is 6.63. The minimum Gasteiger partial charge on any atom is -0.481 e. The maximum Gasteiger partial charge on any atom is 0.311 e. The lowest BCUT2D eigenvalue weighted by Gasteiger charge is -2.26. The molecule has 0 saturated carbocycles. The van der Waals surface area contributed by atoms with Gasteiger partial charge in [-0.05, 0) is 29.3 Å². The van der Waals surface area contributed by atoms with Crippen LogP contribution in [0.4, 0.5) is 0 Å². The zero-order valence-electron chi connectivity index (χ0n) is 11.8. The van der Waals surface area contributed by atoms with Gasteiger partial charge in [0.25, 0.3) is 0 Å². The summed E-state index contributed by atoms with van der Waals surface area (Å²) in [6.45, 7) is 3.89. The lowest BCUT2D eigenvalue weighted by molar-refractivity contribution is -0.150. The molecule has 0 aromatic carbocycles. The van der Waals surface area contributed by atoms with Crippen LogP contribution in [0.3, 0.4) is 0 Å². The van der Waals surface area contributed by atoms with E-state index in [9.17, 15) is 9.90 Å². The van der Waals surface area contributed by atoms with Crippen molar-refractivity contribution in [2.75, 3.05) is 0 Å². The van der Waals surface area contributed by atoms with Gasteiger partial charge in [-0.2, -0.15) is 0 Å². The number of carboxylic acid groups (broad SMARTS) is 1. The number of halogens is 1. The van der Waals surface area contributed by atoms with Crippen molar-refractivity contribution in [1.29, 1.82) is 0 Å². The summed E-state index contributed by atoms with van der Waals surface area (Å²) < 4.78 is 1.49. The van der Waals surface area contributed by atoms with Gasteiger partial charge in [0.1, 0.15) is 0 Å². The molecular weight excluding hydrogens is 294 g/mol. The van der Waals surface area contributed by atoms with Gasteiger partial charge in [0.15, 0.2) is 5.82 Å². The number of rotatable bonds is 6. The van der Waals surface area contributed by atoms with Crippen LogP contribution in [0.15, 0.2) is 18.5 Å². The highest BCUT2D eigenvalue weighted by Gasteiger charge is 2.36. The fraction of sp³-hybridized carbons (Fsp3) is 0.462. The third kappa shape index (κ3) is 2.87. The predicted octanol–water partition coefficient (Wildman–Crippen LogP) is 2.28. The fourth-order valence-electron chi connectivity index (χ4n) is 2.19. The van der Waals surface area contributed by atoms with E-state index in [0.717, 1.165) is 0 Å². The van der Waals surface area contributed by atoms with Crippen LogP contribution in [-0.4, -0.2) is 36.3 Å². The second-order valence-corrected chi connectivity index (χ2v) is 5.22. The summed E-state index contributed by atoms with van der Waals surface area (Å²) in [5.41, 5.74) is -0.271. The Balaban J connectivity index is 2.42. The first-order valence-corrected chi connectivity index (χ1v) is 7.01. The standard InChI is InChI=1S/C13H16ClN5O2/c1-3-13(4-2,12(20)21)8-19-11(16-17-18-19)9-5-6-15-7-10(9)14/h5-7H,3-4,8H2,1-2H3,(H,20,21). The number of nitrogens with zero attached hydrogens (tertiary/aromatic N) is 5. The van der Waals surface area contributed by atoms with E-state index in [2.05, 4.69) is 20.5 Å². The molecule has 7 nitrogen and oxygen atoms in total. The molecule has 0 aliphatic carbocycles. The predicted molar refractivity (Wildman–Crippen MR) is 76.7 cm³/mol. The number of pyridine rings is 1. The van der Waals surface area contributed by atoms with Crippen LogP contribution in [0.5, 0.6) is 0 Å². The highest BCUT2D eigenvalue weighted by molar-refractivity contribution is 6.33. The molecule has 1 N–H and O–H groups in total. The summed E-state index contributed by atoms with van der Waals surface area (Å²) >= 11 is 6.10. The molecule has 0 atom stereocenters. The SMILES string of the molecule is CCC(CC)(Cn1nnnc1-c1ccncc1Cl)C(=O)O. The van der Waals surface area contributed by atoms with Gasteiger partial charge in [0.05, 0.1) is 17.0 Å². The fourth-order valence-corrected chi connectivity index (χ4v) is 2.39. The molecule has 2 aromatic rings. The highest BCUT2D eigenvalue weighted by atomic mass is 35.5. The maximum atomic E-state index is 11.6. The quantitative estimate of drug-likeness (QED) is 0.879. The van der Waals surface area contributed by atoms with E-state index >= 15 is 0 Å². The number of carboxylic acids is 1. The van der Waals surface area contributed by atoms with Crippen molar-refractivity contribution >= 4 is 17.6 Å². The van der Waals surface area contributed by atoms with Crippen molar-refractivity contribution in [1.82, 2.24) is 25.2 Å². The molecular formula is C13H16ClN5O2. The minimum atomic E-state index is -0.899. The average molecular weight is 310 g/mol. The van der Waals surface area contributed by atoms with Crippen molar-refractivity contribution in [3.63, 3.8) is 0 Å². The van der Waals surface area contributed by atoms with Gasteiger partial charge in [-0.15, -0.1) is 5.10 Å². The average Bonchev–Trinajstić information content (AvgIpc) is 2.92. The van der Waals surface area contributed by atoms with Crippen molar-refractivity contribution in [2.24, 2.45) is 5.41 Å². The smallest absolute Gasteiger partial charge is 0.311 e. The van der Waals surface area contributed by atoms with Crippen LogP contribution < -0.4 is 0 Å². The molecule has 0 radical (unpaired) electrons. The van der Waals surface area contributed by atoms with Crippen molar-refractivity contribution in [3.8, 4) is 11.4 Å². The van der Waals surface area contributed by atoms with Crippen LogP contribution in [0.1, 0.15) is 26.7 Å². The zero-order chi connectivity index (χ0) is 15.5. The summed E-state index contributed by atoms with van der Waals surface area (Å²) in [6.07, 6.45) is 4.06. The molecule has 0 unspecified atom stereocenters. The second kappa shape index (κ2) is 6.17. The third-order valence-electron chi connectivity index (χ3n) is 3.80. The number of hydrogen-bond donors (Lipinski definition) is 1. The van der Waals surface area contributed by atoms with Crippen LogP contribution in [0.2, 0.25) is 5.02 Å². The van der Waals surface area contributed by atoms with E-state index in [1.54, 1.807) is 12.3 Å². The zero-order valence-corrected chi connectivity index (χ0v) is 12.6. The number of hydrogen-bond acceptors (Lipinski definition) is 5. The first kappa shape index (κ1) is 15.4. The Kier molecular flexibility index (Phi) is 4.52. The van der Waals surface area contributed by atoms with Crippen LogP contribution in [0.25, 0.3) is 11.4 Å². The molecule has 2 rings (SSSR count). The lowest BCUT2D eigenvalue weighted by atomic mass is 9.82. The van der Waals surface area contributed by atoms with Gasteiger partial charge in [-0.25, -0.2) is 4.68 Å². The second-order valence-electron chi connectivity index (χ2n) is 4.81. The molecule has 0 spiro atoms. The van der Waals surface area contributed by atoms with Crippen LogP contribution >= 0.6 is 11.6 Å². The van der Waals surface area contributed by atoms with Crippen molar-refractivity contribution in [2.45, 2.75) is 33.2 Å². The van der Waals surface area contributed by atoms with E-state index < -0.39 is 11.4 Å². The summed E-state index contributed by atoms with van der Waals surface area (Å²) in [6, 6.07) is 1.70. The van der Waals surface area contributed by atoms with Gasteiger partial charge in [0, 0.05) is 18.0 Å². The third-order valence-corrected chi connectivity index (χ3v) is 4.11. The van der Waals surface area contributed by atoms with E-state index in [0.29, 0.717) is 29.3 Å². The Bertz CT molecular complexity index is 639. The number of carbonyl (C=O) groups is 1. The molecule has 0 aliphatic heterocycles. The molecule has 8 heteroatoms. The summed E-state index contributed by atoms with van der Waals surface area (Å²) in [5.74, 6) is -0.412. The van der Waals surface area contributed by atoms with Crippen LogP contribution in [0, 0.1) is 5.41 Å². The Morgan fingerprint density at radius 3 is 2.71 bits per heavy atom. The number of aliphatic carboxylic acids is 1. The molecule has 0 fully saturated rings. The van der Waals surface area contributed by atoms with Gasteiger partial charge in [-0.1, -0.05) is 25.4 Å². The Hall–Kier alpha value is -2.02. The van der Waals surface area contributed by atoms with Gasteiger partial charge in [-0.3, -0.25) is 9.78 Å². The van der Waals surface area contributed by atoms with Crippen molar-refractivity contribution in [3.05, 3.63) is 23.5 Å². The van der Waals surface area contributed by atoms with Gasteiger partial charge < -0.3 is 5.11 Å². The largest absolute Gasteiger partial charge is 0.481 e. The molecule has 0 bridgehead atoms. The maximum absolute atomic E-state index is 11.6. The molecule has 21 heavy (non-hydrogen) atoms. The normalized spacial score (nSPS) is 11.6. The first-order chi connectivity index (χ1) is 10.0. The Labute approximate surface area is 127 Å². The van der Waals surface area contributed by atoms with Crippen LogP contribution in [-0.2, 0) is 11.3 Å². The lowest BCUT2D eigenvalue weighted by Crippen LogP contribution is -2.35. The van der Waals surface area contributed by atoms with E-state index in [1.165, 1.54) is 10.9 Å². The topological polar surface area (TPSA) is 93.8 Å². The minimum absolute atomic E-state index is 0.191. The molecule has 0 aliphatic rings. The summed E-state index contributed by atoms with van der Waals surface area (Å²) in [5, 5.41) is 21.4. The van der Waals surface area contributed by atoms with Gasteiger partial charge in [0.2, 0.25) is 0 Å². The summed E-state index contributed by atoms with van der Waals surface area (Å²) in [4.78, 5) is 15.5. The molecule has 2 heterocycles. The highest BCUT2D eigenvalue weighted by Crippen LogP contribution is 2.31.